The van der Waals surface area contributed by atoms with Crippen LogP contribution in [0.1, 0.15) is 44.4 Å². The Morgan fingerprint density at radius 2 is 1.97 bits per heavy atom. The molecule has 13 heteroatoms. The highest BCUT2D eigenvalue weighted by Gasteiger charge is 2.27. The number of hydrogen-bond donors (Lipinski definition) is 1. The van der Waals surface area contributed by atoms with E-state index in [9.17, 15) is 14.4 Å². The zero-order valence-corrected chi connectivity index (χ0v) is 23.0. The lowest BCUT2D eigenvalue weighted by Gasteiger charge is -2.16. The van der Waals surface area contributed by atoms with Gasteiger partial charge >= 0.3 is 11.9 Å². The van der Waals surface area contributed by atoms with Gasteiger partial charge in [0.15, 0.2) is 17.1 Å². The van der Waals surface area contributed by atoms with E-state index in [1.165, 1.54) is 14.2 Å². The van der Waals surface area contributed by atoms with Crippen molar-refractivity contribution in [3.63, 3.8) is 0 Å². The summed E-state index contributed by atoms with van der Waals surface area (Å²) >= 11 is 8.14. The lowest BCUT2D eigenvalue weighted by Crippen LogP contribution is -2.17. The van der Waals surface area contributed by atoms with E-state index in [0.717, 1.165) is 23.1 Å². The molecule has 0 aliphatic carbocycles. The van der Waals surface area contributed by atoms with Crippen LogP contribution in [-0.4, -0.2) is 52.6 Å². The lowest BCUT2D eigenvalue weighted by molar-refractivity contribution is -0.113. The van der Waals surface area contributed by atoms with Gasteiger partial charge < -0.3 is 19.5 Å². The number of nitrogens with zero attached hydrogens (tertiary/aromatic N) is 3. The van der Waals surface area contributed by atoms with Crippen molar-refractivity contribution in [2.75, 3.05) is 25.3 Å². The fourth-order valence-corrected chi connectivity index (χ4v) is 5.40. The van der Waals surface area contributed by atoms with E-state index in [1.54, 1.807) is 41.8 Å². The number of aromatic nitrogens is 3. The number of anilines is 1. The fraction of sp³-hybridized carbons (Fsp3) is 0.292. The quantitative estimate of drug-likeness (QED) is 0.196. The number of hydrogen-bond acceptors (Lipinski definition) is 10. The molecule has 37 heavy (non-hydrogen) atoms. The molecule has 2 aromatic heterocycles. The number of thiophene rings is 1. The second kappa shape index (κ2) is 12.7. The summed E-state index contributed by atoms with van der Waals surface area (Å²) in [7, 11) is 2.46. The van der Waals surface area contributed by atoms with Gasteiger partial charge in [0.25, 0.3) is 0 Å². The Balaban J connectivity index is 1.75. The first-order chi connectivity index (χ1) is 17.7. The van der Waals surface area contributed by atoms with Crippen LogP contribution in [0.2, 0.25) is 5.02 Å². The molecule has 0 bridgehead atoms. The summed E-state index contributed by atoms with van der Waals surface area (Å²) in [5.41, 5.74) is 0.478. The summed E-state index contributed by atoms with van der Waals surface area (Å²) < 4.78 is 17.4. The van der Waals surface area contributed by atoms with Crippen LogP contribution in [0.25, 0.3) is 0 Å². The van der Waals surface area contributed by atoms with E-state index in [4.69, 9.17) is 25.8 Å². The predicted molar refractivity (Wildman–Crippen MR) is 142 cm³/mol. The molecule has 0 saturated carbocycles. The number of carbonyl (C=O) groups excluding carboxylic acids is 3. The molecule has 0 radical (unpaired) electrons. The first-order valence-corrected chi connectivity index (χ1v) is 13.1. The van der Waals surface area contributed by atoms with Gasteiger partial charge in [0.1, 0.15) is 15.6 Å². The summed E-state index contributed by atoms with van der Waals surface area (Å²) in [6.45, 7) is 7.60. The zero-order chi connectivity index (χ0) is 27.1. The number of nitrogens with one attached hydrogen (secondary N) is 1. The summed E-state index contributed by atoms with van der Waals surface area (Å²) in [5.74, 6) is -0.597. The lowest BCUT2D eigenvalue weighted by atomic mass is 10.1. The maximum atomic E-state index is 12.8. The van der Waals surface area contributed by atoms with Crippen LogP contribution in [0.4, 0.5) is 5.00 Å². The first-order valence-electron chi connectivity index (χ1n) is 10.9. The molecule has 1 aromatic carbocycles. The van der Waals surface area contributed by atoms with E-state index < -0.39 is 23.9 Å². The summed E-state index contributed by atoms with van der Waals surface area (Å²) in [6, 6.07) is 7.03. The van der Waals surface area contributed by atoms with Crippen molar-refractivity contribution in [1.29, 1.82) is 0 Å². The van der Waals surface area contributed by atoms with E-state index in [1.807, 2.05) is 6.92 Å². The molecule has 10 nitrogen and oxygen atoms in total. The molecule has 2 heterocycles. The zero-order valence-electron chi connectivity index (χ0n) is 20.6. The van der Waals surface area contributed by atoms with Crippen molar-refractivity contribution in [2.24, 2.45) is 0 Å². The second-order valence-corrected chi connectivity index (χ2v) is 9.94. The van der Waals surface area contributed by atoms with E-state index in [-0.39, 0.29) is 21.2 Å². The highest BCUT2D eigenvalue weighted by Crippen LogP contribution is 2.34. The molecule has 1 N–H and O–H groups in total. The molecule has 1 atom stereocenters. The number of halogens is 1. The van der Waals surface area contributed by atoms with Crippen molar-refractivity contribution >= 4 is 57.5 Å². The van der Waals surface area contributed by atoms with Crippen LogP contribution in [0.3, 0.4) is 0 Å². The molecular formula is C24H25ClN4O6S2. The molecule has 0 spiro atoms. The minimum absolute atomic E-state index is 0.0378. The summed E-state index contributed by atoms with van der Waals surface area (Å²) in [4.78, 5) is 37.4. The fourth-order valence-electron chi connectivity index (χ4n) is 3.33. The molecule has 0 aliphatic rings. The van der Waals surface area contributed by atoms with Gasteiger partial charge in [0, 0.05) is 11.6 Å². The van der Waals surface area contributed by atoms with Crippen molar-refractivity contribution in [2.45, 2.75) is 31.7 Å². The minimum atomic E-state index is -0.670. The Labute approximate surface area is 227 Å². The third kappa shape index (κ3) is 6.70. The first kappa shape index (κ1) is 28.2. The maximum Gasteiger partial charge on any atom is 0.348 e. The van der Waals surface area contributed by atoms with Crippen LogP contribution in [-0.2, 0) is 20.8 Å². The Morgan fingerprint density at radius 1 is 1.24 bits per heavy atom. The van der Waals surface area contributed by atoms with Gasteiger partial charge in [-0.3, -0.25) is 9.36 Å². The number of rotatable bonds is 11. The third-order valence-electron chi connectivity index (χ3n) is 5.02. The van der Waals surface area contributed by atoms with Gasteiger partial charge in [-0.25, -0.2) is 9.59 Å². The van der Waals surface area contributed by atoms with Crippen molar-refractivity contribution in [3.05, 3.63) is 63.8 Å². The van der Waals surface area contributed by atoms with E-state index >= 15 is 0 Å². The molecule has 0 aliphatic heterocycles. The number of ether oxygens (including phenoxy) is 3. The largest absolute Gasteiger partial charge is 0.483 e. The number of esters is 2. The monoisotopic (exact) mass is 564 g/mol. The Morgan fingerprint density at radius 3 is 2.62 bits per heavy atom. The molecule has 0 saturated heterocycles. The van der Waals surface area contributed by atoms with E-state index in [2.05, 4.69) is 22.1 Å². The average Bonchev–Trinajstić information content (AvgIpc) is 3.42. The maximum absolute atomic E-state index is 12.8. The van der Waals surface area contributed by atoms with Crippen LogP contribution in [0, 0.1) is 6.92 Å². The summed E-state index contributed by atoms with van der Waals surface area (Å²) in [6.07, 6.45) is 1.23. The molecule has 196 valence electrons. The highest BCUT2D eigenvalue weighted by molar-refractivity contribution is 7.99. The molecule has 3 rings (SSSR count). The van der Waals surface area contributed by atoms with Gasteiger partial charge in [-0.05, 0) is 37.6 Å². The van der Waals surface area contributed by atoms with Crippen LogP contribution < -0.4 is 10.1 Å². The number of carbonyl (C=O) groups is 3. The van der Waals surface area contributed by atoms with Crippen molar-refractivity contribution in [3.8, 4) is 5.75 Å². The third-order valence-corrected chi connectivity index (χ3v) is 7.41. The highest BCUT2D eigenvalue weighted by atomic mass is 35.5. The SMILES string of the molecule is C=CCn1c(SCC(=O)Nc2sc(C(=O)OC)c(C)c2C(=O)OC)nnc1C(C)Oc1cccc(Cl)c1. The molecule has 3 aromatic rings. The average molecular weight is 565 g/mol. The van der Waals surface area contributed by atoms with Crippen LogP contribution >= 0.6 is 34.7 Å². The van der Waals surface area contributed by atoms with Gasteiger partial charge in [-0.1, -0.05) is 35.5 Å². The Bertz CT molecular complexity index is 1320. The Kier molecular flexibility index (Phi) is 9.73. The standard InChI is InChI=1S/C24H25ClN4O6S2/c1-6-10-29-20(14(3)35-16-9-7-8-15(25)11-16)27-28-24(29)36-12-17(30)26-21-18(22(31)33-4)13(2)19(37-21)23(32)34-5/h6-9,11,14H,1,10,12H2,2-5H3,(H,26,30). The second-order valence-electron chi connectivity index (χ2n) is 7.54. The number of amides is 1. The van der Waals surface area contributed by atoms with E-state index in [0.29, 0.717) is 33.9 Å². The van der Waals surface area contributed by atoms with Gasteiger partial charge in [0.05, 0.1) is 25.5 Å². The number of methoxy groups -OCH3 is 2. The minimum Gasteiger partial charge on any atom is -0.483 e. The van der Waals surface area contributed by atoms with Crippen LogP contribution in [0.15, 0.2) is 42.1 Å². The van der Waals surface area contributed by atoms with Crippen LogP contribution in [0.5, 0.6) is 5.75 Å². The topological polar surface area (TPSA) is 122 Å². The normalized spacial score (nSPS) is 11.5. The van der Waals surface area contributed by atoms with Gasteiger partial charge in [-0.15, -0.1) is 28.1 Å². The predicted octanol–water partition coefficient (Wildman–Crippen LogP) is 4.93. The van der Waals surface area contributed by atoms with Gasteiger partial charge in [0.2, 0.25) is 5.91 Å². The smallest absolute Gasteiger partial charge is 0.348 e. The number of thioether (sulfide) groups is 1. The molecule has 1 amide bonds. The van der Waals surface area contributed by atoms with Crippen molar-refractivity contribution < 1.29 is 28.6 Å². The Hall–Kier alpha value is -3.35. The molecule has 1 unspecified atom stereocenters. The van der Waals surface area contributed by atoms with Gasteiger partial charge in [-0.2, -0.15) is 0 Å². The number of allylic oxidation sites excluding steroid dienone is 1. The summed E-state index contributed by atoms with van der Waals surface area (Å²) in [5, 5.41) is 12.4. The molecule has 0 fully saturated rings. The van der Waals surface area contributed by atoms with Crippen molar-refractivity contribution in [1.82, 2.24) is 14.8 Å². The number of benzene rings is 1. The molecular weight excluding hydrogens is 540 g/mol.